The summed E-state index contributed by atoms with van der Waals surface area (Å²) in [5.41, 5.74) is 7.78. The van der Waals surface area contributed by atoms with Crippen molar-refractivity contribution in [2.24, 2.45) is 0 Å². The van der Waals surface area contributed by atoms with E-state index in [0.29, 0.717) is 18.1 Å². The van der Waals surface area contributed by atoms with Gasteiger partial charge in [-0.3, -0.25) is 0 Å². The SMILES string of the molecule is C=C(C)Oc1cc(O)cc(/C=C/c2ccc(O)cc2)c1[C@@H]1C=C(C)CCC1.CCCCCc1cc(O)cc(OCC)c1[C@@H]1C=C(C)C(O)CC1. The molecule has 0 heterocycles. The first kappa shape index (κ1) is 38.4. The molecule has 0 bridgehead atoms. The van der Waals surface area contributed by atoms with Gasteiger partial charge in [-0.25, -0.2) is 0 Å². The highest BCUT2D eigenvalue weighted by molar-refractivity contribution is 5.74. The predicted octanol–water partition coefficient (Wildman–Crippen LogP) is 11.1. The number of hydrogen-bond donors (Lipinski definition) is 4. The van der Waals surface area contributed by atoms with Crippen molar-refractivity contribution in [3.8, 4) is 28.7 Å². The van der Waals surface area contributed by atoms with Crippen LogP contribution in [0.15, 0.2) is 84.2 Å². The van der Waals surface area contributed by atoms with E-state index in [1.807, 2.05) is 51.1 Å². The third-order valence-electron chi connectivity index (χ3n) is 9.41. The summed E-state index contributed by atoms with van der Waals surface area (Å²) in [4.78, 5) is 0. The molecule has 5 rings (SSSR count). The van der Waals surface area contributed by atoms with Crippen molar-refractivity contribution in [1.82, 2.24) is 0 Å². The van der Waals surface area contributed by atoms with Crippen molar-refractivity contribution in [2.75, 3.05) is 6.61 Å². The van der Waals surface area contributed by atoms with E-state index in [1.165, 1.54) is 29.5 Å². The zero-order valence-corrected chi connectivity index (χ0v) is 30.5. The molecule has 6 nitrogen and oxygen atoms in total. The Morgan fingerprint density at radius 1 is 0.820 bits per heavy atom. The van der Waals surface area contributed by atoms with Crippen LogP contribution in [0, 0.1) is 0 Å². The van der Waals surface area contributed by atoms with Crippen molar-refractivity contribution in [1.29, 1.82) is 0 Å². The minimum Gasteiger partial charge on any atom is -0.508 e. The van der Waals surface area contributed by atoms with Crippen LogP contribution in [0.5, 0.6) is 28.7 Å². The van der Waals surface area contributed by atoms with Crippen molar-refractivity contribution in [2.45, 2.75) is 110 Å². The number of rotatable bonds is 12. The minimum absolute atomic E-state index is 0.164. The standard InChI is InChI=1S/C24H26O3.C20H30O3/c1-16(2)27-23-15-22(26)14-20(10-7-18-8-11-21(25)12-9-18)24(23)19-6-4-5-17(3)13-19;1-4-6-7-8-15-12-17(21)13-19(23-5-2)20(15)16-9-10-18(22)14(3)11-16/h7-15,19,25-26H,1,4-6H2,2-3H3;11-13,16,18,21-22H,4-10H2,1-3H3/b10-7+;/t19-;16-,18?/m00/s1. The molecule has 0 saturated carbocycles. The number of aromatic hydroxyl groups is 3. The molecular formula is C44H56O6. The summed E-state index contributed by atoms with van der Waals surface area (Å²) >= 11 is 0. The normalized spacial score (nSPS) is 18.9. The van der Waals surface area contributed by atoms with Crippen LogP contribution >= 0.6 is 0 Å². The van der Waals surface area contributed by atoms with E-state index in [4.69, 9.17) is 9.47 Å². The third-order valence-corrected chi connectivity index (χ3v) is 9.41. The van der Waals surface area contributed by atoms with Gasteiger partial charge in [0.1, 0.15) is 28.7 Å². The van der Waals surface area contributed by atoms with Crippen LogP contribution in [0.2, 0.25) is 0 Å². The van der Waals surface area contributed by atoms with Crippen LogP contribution in [-0.4, -0.2) is 33.1 Å². The fourth-order valence-corrected chi connectivity index (χ4v) is 6.99. The smallest absolute Gasteiger partial charge is 0.134 e. The Kier molecular flexibility index (Phi) is 14.2. The number of ether oxygens (including phenoxy) is 2. The first-order valence-electron chi connectivity index (χ1n) is 18.2. The number of phenolic OH excluding ortho intramolecular Hbond substituents is 3. The lowest BCUT2D eigenvalue weighted by atomic mass is 9.81. The zero-order chi connectivity index (χ0) is 36.2. The van der Waals surface area contributed by atoms with E-state index in [9.17, 15) is 20.4 Å². The molecule has 0 fully saturated rings. The maximum Gasteiger partial charge on any atom is 0.134 e. The van der Waals surface area contributed by atoms with E-state index in [1.54, 1.807) is 30.3 Å². The van der Waals surface area contributed by atoms with Gasteiger partial charge in [0.25, 0.3) is 0 Å². The third kappa shape index (κ3) is 10.8. The summed E-state index contributed by atoms with van der Waals surface area (Å²) in [6, 6.07) is 14.1. The Balaban J connectivity index is 0.000000228. The molecule has 4 N–H and O–H groups in total. The summed E-state index contributed by atoms with van der Waals surface area (Å²) in [5.74, 6) is 3.23. The fraction of sp³-hybridized carbons (Fsp3) is 0.409. The van der Waals surface area contributed by atoms with Gasteiger partial charge in [0.2, 0.25) is 0 Å². The van der Waals surface area contributed by atoms with Gasteiger partial charge in [0.05, 0.1) is 18.5 Å². The van der Waals surface area contributed by atoms with Crippen molar-refractivity contribution in [3.63, 3.8) is 0 Å². The minimum atomic E-state index is -0.317. The van der Waals surface area contributed by atoms with E-state index < -0.39 is 0 Å². The lowest BCUT2D eigenvalue weighted by Crippen LogP contribution is -2.17. The molecule has 3 atom stereocenters. The lowest BCUT2D eigenvalue weighted by molar-refractivity contribution is 0.187. The highest BCUT2D eigenvalue weighted by Crippen LogP contribution is 2.43. The van der Waals surface area contributed by atoms with E-state index in [-0.39, 0.29) is 35.2 Å². The maximum absolute atomic E-state index is 10.2. The van der Waals surface area contributed by atoms with Crippen LogP contribution in [0.25, 0.3) is 12.2 Å². The monoisotopic (exact) mass is 680 g/mol. The highest BCUT2D eigenvalue weighted by atomic mass is 16.5. The summed E-state index contributed by atoms with van der Waals surface area (Å²) in [6.07, 6.45) is 17.6. The van der Waals surface area contributed by atoms with E-state index in [0.717, 1.165) is 73.0 Å². The average Bonchev–Trinajstić information content (AvgIpc) is 3.06. The number of benzene rings is 3. The number of aliphatic hydroxyl groups is 1. The van der Waals surface area contributed by atoms with Crippen LogP contribution < -0.4 is 9.47 Å². The molecular weight excluding hydrogens is 624 g/mol. The topological polar surface area (TPSA) is 99.4 Å². The van der Waals surface area contributed by atoms with Gasteiger partial charge in [-0.1, -0.05) is 68.4 Å². The Morgan fingerprint density at radius 3 is 2.18 bits per heavy atom. The van der Waals surface area contributed by atoms with Crippen LogP contribution in [0.3, 0.4) is 0 Å². The van der Waals surface area contributed by atoms with E-state index in [2.05, 4.69) is 32.6 Å². The molecule has 0 saturated heterocycles. The molecule has 268 valence electrons. The number of phenols is 3. The molecule has 3 aromatic carbocycles. The summed E-state index contributed by atoms with van der Waals surface area (Å²) < 4.78 is 11.7. The van der Waals surface area contributed by atoms with Gasteiger partial charge in [-0.15, -0.1) is 0 Å². The fourth-order valence-electron chi connectivity index (χ4n) is 6.99. The van der Waals surface area contributed by atoms with Crippen LogP contribution in [0.1, 0.15) is 126 Å². The number of aryl methyl sites for hydroxylation is 1. The Labute approximate surface area is 299 Å². The molecule has 2 aliphatic carbocycles. The highest BCUT2D eigenvalue weighted by Gasteiger charge is 2.25. The Bertz CT molecular complexity index is 1680. The maximum atomic E-state index is 10.2. The number of aliphatic hydroxyl groups excluding tert-OH is 1. The molecule has 0 aromatic heterocycles. The van der Waals surface area contributed by atoms with Crippen molar-refractivity contribution >= 4 is 12.2 Å². The lowest BCUT2D eigenvalue weighted by Gasteiger charge is -2.27. The van der Waals surface area contributed by atoms with Crippen molar-refractivity contribution in [3.05, 3.63) is 112 Å². The molecule has 50 heavy (non-hydrogen) atoms. The zero-order valence-electron chi connectivity index (χ0n) is 30.5. The number of hydrogen-bond acceptors (Lipinski definition) is 6. The number of allylic oxidation sites excluding steroid dienone is 4. The molecule has 0 spiro atoms. The van der Waals surface area contributed by atoms with Gasteiger partial charge >= 0.3 is 0 Å². The molecule has 6 heteroatoms. The van der Waals surface area contributed by atoms with Gasteiger partial charge in [-0.05, 0) is 119 Å². The second-order valence-corrected chi connectivity index (χ2v) is 13.7. The first-order valence-corrected chi connectivity index (χ1v) is 18.2. The molecule has 3 aromatic rings. The predicted molar refractivity (Wildman–Crippen MR) is 205 cm³/mol. The number of unbranched alkanes of at least 4 members (excludes halogenated alkanes) is 2. The van der Waals surface area contributed by atoms with Gasteiger partial charge in [0, 0.05) is 35.1 Å². The molecule has 0 aliphatic heterocycles. The average molecular weight is 681 g/mol. The van der Waals surface area contributed by atoms with Gasteiger partial charge in [0.15, 0.2) is 0 Å². The molecule has 0 radical (unpaired) electrons. The van der Waals surface area contributed by atoms with Gasteiger partial charge < -0.3 is 29.9 Å². The van der Waals surface area contributed by atoms with Gasteiger partial charge in [-0.2, -0.15) is 0 Å². The van der Waals surface area contributed by atoms with Crippen LogP contribution in [0.4, 0.5) is 0 Å². The Morgan fingerprint density at radius 2 is 1.52 bits per heavy atom. The molecule has 0 amide bonds. The summed E-state index contributed by atoms with van der Waals surface area (Å²) in [6.45, 7) is 14.6. The molecule has 1 unspecified atom stereocenters. The summed E-state index contributed by atoms with van der Waals surface area (Å²) in [7, 11) is 0. The first-order chi connectivity index (χ1) is 24.0. The Hall–Kier alpha value is -4.42. The van der Waals surface area contributed by atoms with Crippen molar-refractivity contribution < 1.29 is 29.9 Å². The second kappa shape index (κ2) is 18.5. The largest absolute Gasteiger partial charge is 0.508 e. The second-order valence-electron chi connectivity index (χ2n) is 13.7. The quantitative estimate of drug-likeness (QED) is 0.0658. The summed E-state index contributed by atoms with van der Waals surface area (Å²) in [5, 5.41) is 39.7. The van der Waals surface area contributed by atoms with E-state index >= 15 is 0 Å². The van der Waals surface area contributed by atoms with Crippen LogP contribution in [-0.2, 0) is 6.42 Å². The molecule has 2 aliphatic rings.